The molecule has 0 fully saturated rings. The van der Waals surface area contributed by atoms with E-state index in [1.807, 2.05) is 51.1 Å². The minimum Gasteiger partial charge on any atom is -0.352 e. The Morgan fingerprint density at radius 3 is 2.23 bits per heavy atom. The molecule has 0 spiro atoms. The first-order chi connectivity index (χ1) is 14.3. The average Bonchev–Trinajstić information content (AvgIpc) is 2.70. The van der Waals surface area contributed by atoms with Crippen LogP contribution in [0.25, 0.3) is 0 Å². The van der Waals surface area contributed by atoms with Gasteiger partial charge >= 0.3 is 0 Å². The van der Waals surface area contributed by atoms with Crippen molar-refractivity contribution in [2.45, 2.75) is 57.1 Å². The smallest absolute Gasteiger partial charge is 0.243 e. The van der Waals surface area contributed by atoms with Crippen molar-refractivity contribution in [2.24, 2.45) is 0 Å². The summed E-state index contributed by atoms with van der Waals surface area (Å²) >= 11 is 14.3. The van der Waals surface area contributed by atoms with E-state index in [0.29, 0.717) is 34.2 Å². The highest BCUT2D eigenvalue weighted by Crippen LogP contribution is 2.27. The number of carbonyl (C=O) groups is 2. The summed E-state index contributed by atoms with van der Waals surface area (Å²) < 4.78 is 0. The molecule has 0 aromatic heterocycles. The Kier molecular flexibility index (Phi) is 10.0. The minimum absolute atomic E-state index is 0.0129. The van der Waals surface area contributed by atoms with Crippen LogP contribution in [-0.4, -0.2) is 34.6 Å². The number of carbonyl (C=O) groups excluding carboxylic acids is 2. The van der Waals surface area contributed by atoms with E-state index in [1.165, 1.54) is 0 Å². The molecular formula is C23H28Cl2N2O2S. The molecule has 7 heteroatoms. The summed E-state index contributed by atoms with van der Waals surface area (Å²) in [4.78, 5) is 28.7. The zero-order chi connectivity index (χ0) is 22.1. The number of halogens is 2. The Morgan fingerprint density at radius 2 is 1.67 bits per heavy atom. The van der Waals surface area contributed by atoms with E-state index in [1.54, 1.807) is 34.9 Å². The highest BCUT2D eigenvalue weighted by molar-refractivity contribution is 7.99. The fourth-order valence-corrected chi connectivity index (χ4v) is 4.45. The number of hydrogen-bond acceptors (Lipinski definition) is 3. The van der Waals surface area contributed by atoms with Gasteiger partial charge in [0.15, 0.2) is 0 Å². The second-order valence-electron chi connectivity index (χ2n) is 7.22. The van der Waals surface area contributed by atoms with Gasteiger partial charge in [0.25, 0.3) is 0 Å². The van der Waals surface area contributed by atoms with E-state index in [-0.39, 0.29) is 24.4 Å². The molecule has 1 atom stereocenters. The number of rotatable bonds is 10. The topological polar surface area (TPSA) is 49.4 Å². The lowest BCUT2D eigenvalue weighted by Crippen LogP contribution is -2.50. The lowest BCUT2D eigenvalue weighted by molar-refractivity contribution is -0.141. The Balaban J connectivity index is 2.20. The summed E-state index contributed by atoms with van der Waals surface area (Å²) in [6.07, 6.45) is 0.811. The fraction of sp³-hybridized carbons (Fsp3) is 0.391. The molecule has 0 radical (unpaired) electrons. The molecule has 0 aliphatic carbocycles. The molecule has 2 rings (SSSR count). The van der Waals surface area contributed by atoms with Crippen molar-refractivity contribution in [2.75, 3.05) is 5.75 Å². The van der Waals surface area contributed by atoms with Gasteiger partial charge in [-0.15, -0.1) is 11.8 Å². The number of nitrogens with one attached hydrogen (secondary N) is 1. The van der Waals surface area contributed by atoms with E-state index in [0.717, 1.165) is 4.90 Å². The molecule has 4 nitrogen and oxygen atoms in total. The van der Waals surface area contributed by atoms with Crippen molar-refractivity contribution in [3.8, 4) is 0 Å². The van der Waals surface area contributed by atoms with Crippen LogP contribution < -0.4 is 5.32 Å². The van der Waals surface area contributed by atoms with Crippen LogP contribution in [0.3, 0.4) is 0 Å². The van der Waals surface area contributed by atoms with Crippen molar-refractivity contribution in [3.63, 3.8) is 0 Å². The summed E-state index contributed by atoms with van der Waals surface area (Å²) in [5.41, 5.74) is 0.653. The number of hydrogen-bond donors (Lipinski definition) is 1. The Hall–Kier alpha value is -1.69. The van der Waals surface area contributed by atoms with E-state index in [2.05, 4.69) is 5.32 Å². The molecule has 1 N–H and O–H groups in total. The molecule has 2 aromatic carbocycles. The summed E-state index contributed by atoms with van der Waals surface area (Å²) in [6.45, 7) is 5.89. The van der Waals surface area contributed by atoms with Crippen molar-refractivity contribution < 1.29 is 9.59 Å². The molecule has 30 heavy (non-hydrogen) atoms. The third kappa shape index (κ3) is 7.22. The second-order valence-corrected chi connectivity index (χ2v) is 9.20. The predicted octanol–water partition coefficient (Wildman–Crippen LogP) is 5.81. The molecule has 0 aliphatic rings. The minimum atomic E-state index is -0.589. The van der Waals surface area contributed by atoms with Gasteiger partial charge < -0.3 is 10.2 Å². The van der Waals surface area contributed by atoms with Gasteiger partial charge in [-0.1, -0.05) is 54.4 Å². The third-order valence-electron chi connectivity index (χ3n) is 4.53. The number of amides is 2. The van der Waals surface area contributed by atoms with E-state index in [4.69, 9.17) is 23.2 Å². The van der Waals surface area contributed by atoms with Crippen molar-refractivity contribution >= 4 is 46.8 Å². The van der Waals surface area contributed by atoms with Crippen LogP contribution >= 0.6 is 35.0 Å². The first kappa shape index (κ1) is 24.6. The summed E-state index contributed by atoms with van der Waals surface area (Å²) in [5, 5.41) is 3.89. The monoisotopic (exact) mass is 466 g/mol. The van der Waals surface area contributed by atoms with Crippen molar-refractivity contribution in [1.82, 2.24) is 10.2 Å². The summed E-state index contributed by atoms with van der Waals surface area (Å²) in [5.74, 6) is 0.359. The van der Waals surface area contributed by atoms with Crippen LogP contribution in [0.5, 0.6) is 0 Å². The Morgan fingerprint density at radius 1 is 1.03 bits per heavy atom. The quantitative estimate of drug-likeness (QED) is 0.449. The van der Waals surface area contributed by atoms with Crippen LogP contribution in [0, 0.1) is 0 Å². The van der Waals surface area contributed by atoms with Gasteiger partial charge in [0.1, 0.15) is 6.04 Å². The van der Waals surface area contributed by atoms with Gasteiger partial charge in [0, 0.05) is 45.3 Å². The van der Waals surface area contributed by atoms with Gasteiger partial charge in [-0.2, -0.15) is 0 Å². The molecule has 0 heterocycles. The lowest BCUT2D eigenvalue weighted by Gasteiger charge is -2.31. The highest BCUT2D eigenvalue weighted by Gasteiger charge is 2.29. The molecule has 2 amide bonds. The molecule has 0 aliphatic heterocycles. The molecule has 0 saturated carbocycles. The van der Waals surface area contributed by atoms with Gasteiger partial charge in [-0.25, -0.2) is 0 Å². The lowest BCUT2D eigenvalue weighted by atomic mass is 10.1. The SMILES string of the molecule is CCC(C(=O)NC(C)C)N(Cc1c(Cl)cccc1Cl)C(=O)CCSc1ccccc1. The molecule has 0 bridgehead atoms. The van der Waals surface area contributed by atoms with Crippen LogP contribution in [0.15, 0.2) is 53.4 Å². The van der Waals surface area contributed by atoms with Crippen molar-refractivity contribution in [3.05, 3.63) is 64.1 Å². The van der Waals surface area contributed by atoms with Gasteiger partial charge in [-0.3, -0.25) is 9.59 Å². The first-order valence-corrected chi connectivity index (χ1v) is 11.8. The number of thioether (sulfide) groups is 1. The van der Waals surface area contributed by atoms with Crippen LogP contribution in [0.2, 0.25) is 10.0 Å². The van der Waals surface area contributed by atoms with E-state index >= 15 is 0 Å². The maximum atomic E-state index is 13.2. The number of nitrogens with zero attached hydrogens (tertiary/aromatic N) is 1. The summed E-state index contributed by atoms with van der Waals surface area (Å²) in [7, 11) is 0. The maximum absolute atomic E-state index is 13.2. The molecule has 0 saturated heterocycles. The average molecular weight is 467 g/mol. The van der Waals surface area contributed by atoms with E-state index in [9.17, 15) is 9.59 Å². The largest absolute Gasteiger partial charge is 0.352 e. The predicted molar refractivity (Wildman–Crippen MR) is 126 cm³/mol. The van der Waals surface area contributed by atoms with Gasteiger partial charge in [0.05, 0.1) is 0 Å². The standard InChI is InChI=1S/C23H28Cl2N2O2S/c1-4-21(23(29)26-16(2)3)27(15-18-19(24)11-8-12-20(18)25)22(28)13-14-30-17-9-6-5-7-10-17/h5-12,16,21H,4,13-15H2,1-3H3,(H,26,29). The number of benzene rings is 2. The highest BCUT2D eigenvalue weighted by atomic mass is 35.5. The third-order valence-corrected chi connectivity index (χ3v) is 6.26. The van der Waals surface area contributed by atoms with Crippen LogP contribution in [0.1, 0.15) is 39.2 Å². The Bertz CT molecular complexity index is 826. The van der Waals surface area contributed by atoms with Crippen LogP contribution in [0.4, 0.5) is 0 Å². The molecule has 2 aromatic rings. The van der Waals surface area contributed by atoms with Crippen LogP contribution in [-0.2, 0) is 16.1 Å². The maximum Gasteiger partial charge on any atom is 0.243 e. The molecule has 162 valence electrons. The fourth-order valence-electron chi connectivity index (χ4n) is 3.07. The molecular weight excluding hydrogens is 439 g/mol. The zero-order valence-electron chi connectivity index (χ0n) is 17.5. The zero-order valence-corrected chi connectivity index (χ0v) is 19.9. The Labute approximate surface area is 193 Å². The van der Waals surface area contributed by atoms with Gasteiger partial charge in [0.2, 0.25) is 11.8 Å². The van der Waals surface area contributed by atoms with E-state index < -0.39 is 6.04 Å². The first-order valence-electron chi connectivity index (χ1n) is 10.0. The van der Waals surface area contributed by atoms with Crippen molar-refractivity contribution in [1.29, 1.82) is 0 Å². The normalized spacial score (nSPS) is 11.9. The molecule has 1 unspecified atom stereocenters. The van der Waals surface area contributed by atoms with Gasteiger partial charge in [-0.05, 0) is 44.5 Å². The second kappa shape index (κ2) is 12.2. The summed E-state index contributed by atoms with van der Waals surface area (Å²) in [6, 6.07) is 14.6.